The first-order valence-corrected chi connectivity index (χ1v) is 11.5. The molecule has 2 heterocycles. The Labute approximate surface area is 196 Å². The summed E-state index contributed by atoms with van der Waals surface area (Å²) in [7, 11) is 1.65. The number of ketones is 1. The fraction of sp³-hybridized carbons (Fsp3) is 0.440. The number of hydrogen-bond acceptors (Lipinski definition) is 4. The molecule has 2 aromatic rings. The van der Waals surface area contributed by atoms with Gasteiger partial charge in [-0.3, -0.25) is 19.3 Å². The van der Waals surface area contributed by atoms with Gasteiger partial charge in [-0.2, -0.15) is 18.3 Å². The molecule has 4 rings (SSSR count). The van der Waals surface area contributed by atoms with E-state index in [-0.39, 0.29) is 30.2 Å². The quantitative estimate of drug-likeness (QED) is 0.556. The number of rotatable bonds is 8. The summed E-state index contributed by atoms with van der Waals surface area (Å²) in [5.41, 5.74) is 1.23. The van der Waals surface area contributed by atoms with Crippen LogP contribution in [-0.2, 0) is 35.2 Å². The molecular formula is C25H27F3N4O2. The lowest BCUT2D eigenvalue weighted by atomic mass is 9.94. The topological polar surface area (TPSA) is 67.6 Å². The maximum Gasteiger partial charge on any atom is 0.435 e. The van der Waals surface area contributed by atoms with Crippen LogP contribution in [-0.4, -0.2) is 34.7 Å². The molecule has 0 fully saturated rings. The van der Waals surface area contributed by atoms with Crippen LogP contribution in [0.15, 0.2) is 47.1 Å². The Kier molecular flexibility index (Phi) is 7.00. The van der Waals surface area contributed by atoms with E-state index in [0.717, 1.165) is 12.1 Å². The molecular weight excluding hydrogens is 445 g/mol. The molecule has 1 amide bonds. The molecule has 0 saturated heterocycles. The Morgan fingerprint density at radius 1 is 1.15 bits per heavy atom. The standard InChI is InChI=1S/C25H27F3N4O2/c1-31(19-9-3-2-4-10-19)24(34)17(14-18-8-7-13-29-18)15-20(33)16-32-22-12-6-5-11-21(22)23(30-32)25(26,27)28/h2-4,8-10,13,17H,5-7,11-12,14-16H2,1H3. The fourth-order valence-electron chi connectivity index (χ4n) is 4.64. The van der Waals surface area contributed by atoms with Gasteiger partial charge in [0.25, 0.3) is 0 Å². The number of amides is 1. The first-order chi connectivity index (χ1) is 16.2. The molecule has 1 aromatic carbocycles. The number of benzene rings is 1. The molecule has 1 aromatic heterocycles. The average molecular weight is 473 g/mol. The smallest absolute Gasteiger partial charge is 0.315 e. The number of carbonyl (C=O) groups is 2. The van der Waals surface area contributed by atoms with Gasteiger partial charge in [-0.05, 0) is 37.8 Å². The Morgan fingerprint density at radius 3 is 2.56 bits per heavy atom. The van der Waals surface area contributed by atoms with Crippen molar-refractivity contribution in [3.8, 4) is 0 Å². The SMILES string of the molecule is CN(C(=O)C(CC(=O)Cn1nc(C(F)(F)F)c2c1CCCC2)CC1=CCC=N1)c1ccccc1. The van der Waals surface area contributed by atoms with Crippen molar-refractivity contribution in [2.45, 2.75) is 57.7 Å². The number of carbonyl (C=O) groups excluding carboxylic acids is 2. The molecule has 1 atom stereocenters. The van der Waals surface area contributed by atoms with Crippen molar-refractivity contribution < 1.29 is 22.8 Å². The van der Waals surface area contributed by atoms with Crippen molar-refractivity contribution in [3.63, 3.8) is 0 Å². The largest absolute Gasteiger partial charge is 0.435 e. The predicted octanol–water partition coefficient (Wildman–Crippen LogP) is 4.77. The fourth-order valence-corrected chi connectivity index (χ4v) is 4.64. The highest BCUT2D eigenvalue weighted by Crippen LogP contribution is 2.36. The Bertz CT molecular complexity index is 1120. The zero-order valence-corrected chi connectivity index (χ0v) is 19.0. The second kappa shape index (κ2) is 9.95. The zero-order chi connectivity index (χ0) is 24.3. The number of para-hydroxylation sites is 1. The number of aromatic nitrogens is 2. The number of allylic oxidation sites excluding steroid dienone is 2. The summed E-state index contributed by atoms with van der Waals surface area (Å²) in [4.78, 5) is 32.1. The minimum atomic E-state index is -4.56. The molecule has 180 valence electrons. The summed E-state index contributed by atoms with van der Waals surface area (Å²) in [5.74, 6) is -1.24. The van der Waals surface area contributed by atoms with E-state index >= 15 is 0 Å². The lowest BCUT2D eigenvalue weighted by molar-refractivity contribution is -0.142. The van der Waals surface area contributed by atoms with Crippen molar-refractivity contribution >= 4 is 23.6 Å². The van der Waals surface area contributed by atoms with Crippen LogP contribution in [0.25, 0.3) is 0 Å². The highest BCUT2D eigenvalue weighted by molar-refractivity contribution is 5.97. The number of hydrogen-bond donors (Lipinski definition) is 0. The van der Waals surface area contributed by atoms with Gasteiger partial charge in [0.1, 0.15) is 0 Å². The Balaban J connectivity index is 1.54. The van der Waals surface area contributed by atoms with E-state index in [1.54, 1.807) is 25.4 Å². The van der Waals surface area contributed by atoms with E-state index in [9.17, 15) is 22.8 Å². The lowest BCUT2D eigenvalue weighted by Crippen LogP contribution is -2.35. The molecule has 6 nitrogen and oxygen atoms in total. The molecule has 1 aliphatic carbocycles. The second-order valence-corrected chi connectivity index (χ2v) is 8.76. The molecule has 9 heteroatoms. The van der Waals surface area contributed by atoms with Crippen LogP contribution in [0, 0.1) is 5.92 Å². The first-order valence-electron chi connectivity index (χ1n) is 11.5. The number of fused-ring (bicyclic) bond motifs is 1. The maximum absolute atomic E-state index is 13.5. The summed E-state index contributed by atoms with van der Waals surface area (Å²) >= 11 is 0. The summed E-state index contributed by atoms with van der Waals surface area (Å²) in [6, 6.07) is 9.10. The monoisotopic (exact) mass is 472 g/mol. The van der Waals surface area contributed by atoms with Crippen LogP contribution in [0.2, 0.25) is 0 Å². The maximum atomic E-state index is 13.5. The number of aliphatic imine (C=N–C) groups is 1. The van der Waals surface area contributed by atoms with Gasteiger partial charge in [0.15, 0.2) is 11.5 Å². The van der Waals surface area contributed by atoms with Crippen LogP contribution >= 0.6 is 0 Å². The van der Waals surface area contributed by atoms with Gasteiger partial charge in [0.05, 0.1) is 12.5 Å². The lowest BCUT2D eigenvalue weighted by Gasteiger charge is -2.24. The van der Waals surface area contributed by atoms with Crippen LogP contribution in [0.3, 0.4) is 0 Å². The van der Waals surface area contributed by atoms with Gasteiger partial charge >= 0.3 is 6.18 Å². The van der Waals surface area contributed by atoms with Gasteiger partial charge in [0, 0.05) is 55.2 Å². The second-order valence-electron chi connectivity index (χ2n) is 8.76. The third kappa shape index (κ3) is 5.29. The van der Waals surface area contributed by atoms with Crippen LogP contribution in [0.4, 0.5) is 18.9 Å². The van der Waals surface area contributed by atoms with Crippen LogP contribution < -0.4 is 4.90 Å². The zero-order valence-electron chi connectivity index (χ0n) is 19.0. The van der Waals surface area contributed by atoms with Gasteiger partial charge in [-0.25, -0.2) is 0 Å². The molecule has 1 aliphatic heterocycles. The first kappa shape index (κ1) is 23.9. The molecule has 1 unspecified atom stereocenters. The number of halogens is 3. The van der Waals surface area contributed by atoms with Crippen molar-refractivity contribution in [1.82, 2.24) is 9.78 Å². The normalized spacial score (nSPS) is 16.2. The third-order valence-electron chi connectivity index (χ3n) is 6.32. The minimum Gasteiger partial charge on any atom is -0.315 e. The molecule has 0 saturated carbocycles. The van der Waals surface area contributed by atoms with Gasteiger partial charge in [-0.1, -0.05) is 24.3 Å². The molecule has 0 bridgehead atoms. The summed E-state index contributed by atoms with van der Waals surface area (Å²) in [6.07, 6.45) is 2.19. The third-order valence-corrected chi connectivity index (χ3v) is 6.32. The number of nitrogens with zero attached hydrogens (tertiary/aromatic N) is 4. The van der Waals surface area contributed by atoms with Crippen molar-refractivity contribution in [2.24, 2.45) is 10.9 Å². The van der Waals surface area contributed by atoms with E-state index in [1.807, 2.05) is 24.3 Å². The highest BCUT2D eigenvalue weighted by atomic mass is 19.4. The van der Waals surface area contributed by atoms with Crippen molar-refractivity contribution in [1.29, 1.82) is 0 Å². The van der Waals surface area contributed by atoms with E-state index in [1.165, 1.54) is 9.58 Å². The van der Waals surface area contributed by atoms with Gasteiger partial charge < -0.3 is 4.90 Å². The number of alkyl halides is 3. The Morgan fingerprint density at radius 2 is 1.88 bits per heavy atom. The molecule has 2 aliphatic rings. The summed E-state index contributed by atoms with van der Waals surface area (Å²) in [5, 5.41) is 3.78. The summed E-state index contributed by atoms with van der Waals surface area (Å²) < 4.78 is 41.7. The van der Waals surface area contributed by atoms with Gasteiger partial charge in [0.2, 0.25) is 5.91 Å². The number of Topliss-reactive ketones (excluding diaryl/α,β-unsaturated/α-hetero) is 1. The molecule has 34 heavy (non-hydrogen) atoms. The molecule has 0 radical (unpaired) electrons. The predicted molar refractivity (Wildman–Crippen MR) is 123 cm³/mol. The summed E-state index contributed by atoms with van der Waals surface area (Å²) in [6.45, 7) is -0.278. The minimum absolute atomic E-state index is 0.0984. The van der Waals surface area contributed by atoms with E-state index < -0.39 is 17.8 Å². The van der Waals surface area contributed by atoms with Crippen molar-refractivity contribution in [2.75, 3.05) is 11.9 Å². The Hall–Kier alpha value is -3.23. The number of anilines is 1. The average Bonchev–Trinajstić information content (AvgIpc) is 3.46. The molecule has 0 spiro atoms. The van der Waals surface area contributed by atoms with E-state index in [0.29, 0.717) is 43.5 Å². The van der Waals surface area contributed by atoms with Crippen molar-refractivity contribution in [3.05, 3.63) is 59.1 Å². The van der Waals surface area contributed by atoms with E-state index in [2.05, 4.69) is 10.1 Å². The highest BCUT2D eigenvalue weighted by Gasteiger charge is 2.39. The molecule has 0 N–H and O–H groups in total. The van der Waals surface area contributed by atoms with E-state index in [4.69, 9.17) is 0 Å². The van der Waals surface area contributed by atoms with Crippen LogP contribution in [0.1, 0.15) is 49.1 Å². The van der Waals surface area contributed by atoms with Gasteiger partial charge in [-0.15, -0.1) is 0 Å². The van der Waals surface area contributed by atoms with Crippen LogP contribution in [0.5, 0.6) is 0 Å².